The van der Waals surface area contributed by atoms with E-state index >= 15 is 0 Å². The van der Waals surface area contributed by atoms with Gasteiger partial charge in [-0.3, -0.25) is 0 Å². The Balaban J connectivity index is 1.94. The molecule has 0 aromatic carbocycles. The van der Waals surface area contributed by atoms with Gasteiger partial charge < -0.3 is 0 Å². The highest BCUT2D eigenvalue weighted by Gasteiger charge is 2.10. The minimum atomic E-state index is 0.802. The van der Waals surface area contributed by atoms with Crippen molar-refractivity contribution in [3.05, 3.63) is 49.6 Å². The summed E-state index contributed by atoms with van der Waals surface area (Å²) in [6.07, 6.45) is 11.7. The molecule has 0 saturated carbocycles. The molecule has 0 radical (unpaired) electrons. The minimum absolute atomic E-state index is 0.802. The van der Waals surface area contributed by atoms with Gasteiger partial charge in [0.2, 0.25) is 24.3 Å². The second kappa shape index (κ2) is 4.06. The Bertz CT molecular complexity index is 605. The van der Waals surface area contributed by atoms with Crippen LogP contribution in [-0.4, -0.2) is 19.3 Å². The van der Waals surface area contributed by atoms with E-state index < -0.39 is 0 Å². The van der Waals surface area contributed by atoms with Crippen LogP contribution in [0, 0.1) is 0 Å². The molecular weight excluding hydrogens is 228 g/mol. The van der Waals surface area contributed by atoms with Crippen LogP contribution in [0.3, 0.4) is 0 Å². The van der Waals surface area contributed by atoms with E-state index in [4.69, 9.17) is 0 Å². The Morgan fingerprint density at radius 3 is 1.56 bits per heavy atom. The van der Waals surface area contributed by atoms with E-state index in [1.807, 2.05) is 81.9 Å². The van der Waals surface area contributed by atoms with Gasteiger partial charge in [0, 0.05) is 12.1 Å². The van der Waals surface area contributed by atoms with Crippen molar-refractivity contribution >= 4 is 0 Å². The molecule has 6 nitrogen and oxygen atoms in total. The van der Waals surface area contributed by atoms with E-state index in [-0.39, 0.29) is 0 Å². The SMILES string of the molecule is C[n+]1ccn(-c2ccc(-n3cc[n+](C)c3)nn2)c1. The molecule has 0 saturated heterocycles. The van der Waals surface area contributed by atoms with Gasteiger partial charge in [-0.15, -0.1) is 10.2 Å². The van der Waals surface area contributed by atoms with Gasteiger partial charge in [-0.25, -0.2) is 9.13 Å². The Labute approximate surface area is 104 Å². The maximum absolute atomic E-state index is 4.22. The zero-order chi connectivity index (χ0) is 12.5. The predicted octanol–water partition coefficient (Wildman–Crippen LogP) is -0.293. The molecule has 0 unspecified atom stereocenters. The summed E-state index contributed by atoms with van der Waals surface area (Å²) in [6, 6.07) is 3.89. The molecule has 0 spiro atoms. The van der Waals surface area contributed by atoms with Crippen molar-refractivity contribution in [2.24, 2.45) is 14.1 Å². The Morgan fingerprint density at radius 2 is 1.28 bits per heavy atom. The van der Waals surface area contributed by atoms with Crippen LogP contribution < -0.4 is 9.13 Å². The van der Waals surface area contributed by atoms with Crippen LogP contribution in [-0.2, 0) is 14.1 Å². The number of aryl methyl sites for hydroxylation is 2. The molecule has 3 heterocycles. The topological polar surface area (TPSA) is 43.4 Å². The summed E-state index contributed by atoms with van der Waals surface area (Å²) in [5.74, 6) is 1.60. The molecular formula is C12H14N6+2. The van der Waals surface area contributed by atoms with E-state index in [0.717, 1.165) is 11.6 Å². The fourth-order valence-electron chi connectivity index (χ4n) is 1.77. The third-order valence-electron chi connectivity index (χ3n) is 2.70. The molecule has 0 amide bonds. The monoisotopic (exact) mass is 242 g/mol. The molecule has 0 aliphatic rings. The molecule has 3 rings (SSSR count). The van der Waals surface area contributed by atoms with Crippen molar-refractivity contribution in [3.63, 3.8) is 0 Å². The van der Waals surface area contributed by atoms with Gasteiger partial charge in [0.15, 0.2) is 0 Å². The molecule has 90 valence electrons. The van der Waals surface area contributed by atoms with E-state index in [9.17, 15) is 0 Å². The smallest absolute Gasteiger partial charge is 0.239 e. The van der Waals surface area contributed by atoms with E-state index in [2.05, 4.69) is 10.2 Å². The molecule has 18 heavy (non-hydrogen) atoms. The van der Waals surface area contributed by atoms with Gasteiger partial charge in [-0.05, 0) is 0 Å². The lowest BCUT2D eigenvalue weighted by atomic mass is 10.5. The fraction of sp³-hybridized carbons (Fsp3) is 0.167. The van der Waals surface area contributed by atoms with Crippen LogP contribution in [0.1, 0.15) is 0 Å². The molecule has 0 atom stereocenters. The quantitative estimate of drug-likeness (QED) is 0.579. The first-order valence-electron chi connectivity index (χ1n) is 5.63. The van der Waals surface area contributed by atoms with Crippen LogP contribution in [0.25, 0.3) is 11.6 Å². The van der Waals surface area contributed by atoms with Crippen LogP contribution in [0.15, 0.2) is 49.6 Å². The fourth-order valence-corrected chi connectivity index (χ4v) is 1.77. The lowest BCUT2D eigenvalue weighted by molar-refractivity contribution is -0.670. The predicted molar refractivity (Wildman–Crippen MR) is 63.0 cm³/mol. The van der Waals surface area contributed by atoms with Crippen LogP contribution in [0.5, 0.6) is 0 Å². The molecule has 0 N–H and O–H groups in total. The molecule has 0 bridgehead atoms. The first-order chi connectivity index (χ1) is 8.72. The number of nitrogens with zero attached hydrogens (tertiary/aromatic N) is 6. The average molecular weight is 242 g/mol. The van der Waals surface area contributed by atoms with E-state index in [1.165, 1.54) is 0 Å². The summed E-state index contributed by atoms with van der Waals surface area (Å²) >= 11 is 0. The maximum Gasteiger partial charge on any atom is 0.250 e. The van der Waals surface area contributed by atoms with Gasteiger partial charge in [0.25, 0.3) is 0 Å². The van der Waals surface area contributed by atoms with Gasteiger partial charge >= 0.3 is 0 Å². The number of aromatic nitrogens is 6. The third kappa shape index (κ3) is 1.88. The van der Waals surface area contributed by atoms with E-state index in [0.29, 0.717) is 0 Å². The van der Waals surface area contributed by atoms with Crippen molar-refractivity contribution in [1.82, 2.24) is 19.3 Å². The molecule has 0 aliphatic heterocycles. The van der Waals surface area contributed by atoms with Crippen molar-refractivity contribution < 1.29 is 9.13 Å². The van der Waals surface area contributed by atoms with Crippen molar-refractivity contribution in [2.75, 3.05) is 0 Å². The molecule has 0 fully saturated rings. The maximum atomic E-state index is 4.22. The Morgan fingerprint density at radius 1 is 0.833 bits per heavy atom. The highest BCUT2D eigenvalue weighted by Crippen LogP contribution is 2.05. The lowest BCUT2D eigenvalue weighted by Gasteiger charge is -1.95. The Kier molecular flexibility index (Phi) is 2.40. The van der Waals surface area contributed by atoms with Gasteiger partial charge in [0.1, 0.15) is 24.8 Å². The lowest BCUT2D eigenvalue weighted by Crippen LogP contribution is -2.24. The highest BCUT2D eigenvalue weighted by atomic mass is 15.3. The average Bonchev–Trinajstić information content (AvgIpc) is 2.98. The summed E-state index contributed by atoms with van der Waals surface area (Å²) in [7, 11) is 3.94. The second-order valence-corrected chi connectivity index (χ2v) is 4.22. The molecule has 3 aromatic heterocycles. The summed E-state index contributed by atoms with van der Waals surface area (Å²) in [5, 5.41) is 8.43. The summed E-state index contributed by atoms with van der Waals surface area (Å²) in [4.78, 5) is 0. The first-order valence-corrected chi connectivity index (χ1v) is 5.63. The number of imidazole rings is 2. The van der Waals surface area contributed by atoms with Gasteiger partial charge in [-0.2, -0.15) is 9.13 Å². The van der Waals surface area contributed by atoms with Crippen LogP contribution in [0.2, 0.25) is 0 Å². The third-order valence-corrected chi connectivity index (χ3v) is 2.70. The molecule has 6 heteroatoms. The molecule has 0 aliphatic carbocycles. The standard InChI is InChI=1S/C12H14N6/c1-15-5-7-17(9-15)11-3-4-12(14-13-11)18-8-6-16(2)10-18/h3-10H,1-2H3/q+2. The van der Waals surface area contributed by atoms with Crippen molar-refractivity contribution in [2.45, 2.75) is 0 Å². The second-order valence-electron chi connectivity index (χ2n) is 4.22. The zero-order valence-corrected chi connectivity index (χ0v) is 10.3. The first kappa shape index (κ1) is 10.6. The van der Waals surface area contributed by atoms with Crippen molar-refractivity contribution in [1.29, 1.82) is 0 Å². The highest BCUT2D eigenvalue weighted by molar-refractivity contribution is 5.27. The molecule has 3 aromatic rings. The zero-order valence-electron chi connectivity index (χ0n) is 10.3. The summed E-state index contributed by atoms with van der Waals surface area (Å²) < 4.78 is 7.77. The normalized spacial score (nSPS) is 10.8. The van der Waals surface area contributed by atoms with Crippen molar-refractivity contribution in [3.8, 4) is 11.6 Å². The van der Waals surface area contributed by atoms with E-state index in [1.54, 1.807) is 0 Å². The Hall–Kier alpha value is -2.50. The number of hydrogen-bond donors (Lipinski definition) is 0. The van der Waals surface area contributed by atoms with Crippen LogP contribution in [0.4, 0.5) is 0 Å². The largest absolute Gasteiger partial charge is 0.250 e. The van der Waals surface area contributed by atoms with Crippen LogP contribution >= 0.6 is 0 Å². The number of hydrogen-bond acceptors (Lipinski definition) is 2. The van der Waals surface area contributed by atoms with Gasteiger partial charge in [0.05, 0.1) is 14.1 Å². The number of rotatable bonds is 2. The van der Waals surface area contributed by atoms with Gasteiger partial charge in [-0.1, -0.05) is 0 Å². The minimum Gasteiger partial charge on any atom is -0.239 e. The summed E-state index contributed by atoms with van der Waals surface area (Å²) in [6.45, 7) is 0. The summed E-state index contributed by atoms with van der Waals surface area (Å²) in [5.41, 5.74) is 0.